The number of fused-ring (bicyclic) bond motifs is 1. The number of nitrogens with zero attached hydrogens (tertiary/aromatic N) is 3. The number of sulfone groups is 1. The minimum atomic E-state index is -4.16. The fourth-order valence-corrected chi connectivity index (χ4v) is 3.71. The van der Waals surface area contributed by atoms with Gasteiger partial charge in [0.15, 0.2) is 4.80 Å². The van der Waals surface area contributed by atoms with Crippen LogP contribution in [0.15, 0.2) is 23.2 Å². The highest BCUT2D eigenvalue weighted by atomic mass is 32.2. The Hall–Kier alpha value is -2.40. The lowest BCUT2D eigenvalue weighted by Crippen LogP contribution is -2.23. The van der Waals surface area contributed by atoms with E-state index >= 15 is 0 Å². The van der Waals surface area contributed by atoms with Gasteiger partial charge in [0.25, 0.3) is 11.6 Å². The predicted molar refractivity (Wildman–Crippen MR) is 87.2 cm³/mol. The topological polar surface area (TPSA) is 129 Å². The van der Waals surface area contributed by atoms with E-state index in [4.69, 9.17) is 0 Å². The van der Waals surface area contributed by atoms with Gasteiger partial charge in [0.05, 0.1) is 15.1 Å². The van der Waals surface area contributed by atoms with Crippen LogP contribution in [0.1, 0.15) is 13.8 Å². The first-order chi connectivity index (χ1) is 11.2. The summed E-state index contributed by atoms with van der Waals surface area (Å²) < 4.78 is 25.1. The second-order valence-electron chi connectivity index (χ2n) is 4.79. The van der Waals surface area contributed by atoms with E-state index in [0.29, 0.717) is 16.8 Å². The van der Waals surface area contributed by atoms with E-state index in [-0.39, 0.29) is 10.5 Å². The molecule has 0 N–H and O–H groups in total. The molecule has 0 fully saturated rings. The van der Waals surface area contributed by atoms with Crippen molar-refractivity contribution in [2.24, 2.45) is 4.99 Å². The molecule has 11 heteroatoms. The lowest BCUT2D eigenvalue weighted by atomic mass is 10.3. The minimum absolute atomic E-state index is 0.0935. The summed E-state index contributed by atoms with van der Waals surface area (Å²) in [5, 5.41) is 9.74. The summed E-state index contributed by atoms with van der Waals surface area (Å²) in [5.74, 6) is -1.96. The normalized spacial score (nSPS) is 12.5. The lowest BCUT2D eigenvalue weighted by molar-refractivity contribution is -0.384. The number of rotatable bonds is 4. The zero-order valence-corrected chi connectivity index (χ0v) is 14.4. The van der Waals surface area contributed by atoms with E-state index in [2.05, 4.69) is 4.99 Å². The number of hydrogen-bond donors (Lipinski definition) is 0. The van der Waals surface area contributed by atoms with Crippen LogP contribution < -0.4 is 4.80 Å². The minimum Gasteiger partial charge on any atom is -0.317 e. The zero-order chi connectivity index (χ0) is 18.1. The van der Waals surface area contributed by atoms with Crippen molar-refractivity contribution in [3.8, 4) is 0 Å². The third-order valence-corrected chi connectivity index (χ3v) is 5.71. The molecule has 0 unspecified atom stereocenters. The third-order valence-electron chi connectivity index (χ3n) is 3.17. The molecule has 1 aromatic heterocycles. The van der Waals surface area contributed by atoms with Crippen molar-refractivity contribution < 1.29 is 22.9 Å². The first kappa shape index (κ1) is 17.9. The van der Waals surface area contributed by atoms with Crippen molar-refractivity contribution in [3.05, 3.63) is 33.1 Å². The van der Waals surface area contributed by atoms with Crippen molar-refractivity contribution in [2.45, 2.75) is 20.4 Å². The van der Waals surface area contributed by atoms with E-state index in [9.17, 15) is 28.1 Å². The van der Waals surface area contributed by atoms with Crippen molar-refractivity contribution in [1.82, 2.24) is 4.57 Å². The van der Waals surface area contributed by atoms with E-state index < -0.39 is 31.5 Å². The molecular formula is C13H13N3O6S2. The molecule has 0 spiro atoms. The Kier molecular flexibility index (Phi) is 4.94. The van der Waals surface area contributed by atoms with Crippen LogP contribution in [0.4, 0.5) is 5.69 Å². The third kappa shape index (κ3) is 3.57. The second-order valence-corrected chi connectivity index (χ2v) is 7.90. The molecule has 0 saturated carbocycles. The van der Waals surface area contributed by atoms with E-state index in [1.807, 2.05) is 0 Å². The molecule has 0 aliphatic rings. The van der Waals surface area contributed by atoms with Gasteiger partial charge in [0, 0.05) is 25.6 Å². The van der Waals surface area contributed by atoms with Crippen molar-refractivity contribution in [3.63, 3.8) is 0 Å². The fraction of sp³-hybridized carbons (Fsp3) is 0.308. The highest BCUT2D eigenvalue weighted by Gasteiger charge is 2.21. The average Bonchev–Trinajstić information content (AvgIpc) is 2.81. The second kappa shape index (κ2) is 6.61. The first-order valence-corrected chi connectivity index (χ1v) is 9.21. The largest absolute Gasteiger partial charge is 0.317 e. The van der Waals surface area contributed by atoms with Crippen LogP contribution >= 0.6 is 11.3 Å². The van der Waals surface area contributed by atoms with Gasteiger partial charge in [-0.3, -0.25) is 19.7 Å². The number of carbonyl (C=O) groups excluding carboxylic acids is 2. The predicted octanol–water partition coefficient (Wildman–Crippen LogP) is 1.02. The highest BCUT2D eigenvalue weighted by Crippen LogP contribution is 2.23. The molecule has 0 bridgehead atoms. The summed E-state index contributed by atoms with van der Waals surface area (Å²) in [6.07, 6.45) is 0. The summed E-state index contributed by atoms with van der Waals surface area (Å²) in [6, 6.07) is 4.25. The summed E-state index contributed by atoms with van der Waals surface area (Å²) in [7, 11) is -4.16. The number of nitro groups is 1. The van der Waals surface area contributed by atoms with Crippen LogP contribution in [0.2, 0.25) is 0 Å². The lowest BCUT2D eigenvalue weighted by Gasteiger charge is -2.00. The molecule has 9 nitrogen and oxygen atoms in total. The van der Waals surface area contributed by atoms with Crippen LogP contribution in [-0.4, -0.2) is 34.7 Å². The van der Waals surface area contributed by atoms with Crippen molar-refractivity contribution in [1.29, 1.82) is 0 Å². The SMILES string of the molecule is CCn1c(=NC(=O)CS(=O)(=O)C(C)=O)sc2cc([N+](=O)[O-])ccc21. The number of benzene rings is 1. The average molecular weight is 371 g/mol. The van der Waals surface area contributed by atoms with Gasteiger partial charge in [-0.2, -0.15) is 4.99 Å². The van der Waals surface area contributed by atoms with Crippen molar-refractivity contribution in [2.75, 3.05) is 5.75 Å². The molecule has 2 aromatic rings. The number of amides is 1. The number of thiazole rings is 1. The maximum atomic E-state index is 11.8. The molecule has 1 heterocycles. The fourth-order valence-electron chi connectivity index (χ4n) is 1.97. The Morgan fingerprint density at radius 3 is 2.58 bits per heavy atom. The molecule has 0 radical (unpaired) electrons. The van der Waals surface area contributed by atoms with Gasteiger partial charge in [0.1, 0.15) is 5.75 Å². The van der Waals surface area contributed by atoms with Gasteiger partial charge in [-0.15, -0.1) is 0 Å². The first-order valence-electron chi connectivity index (χ1n) is 6.74. The molecule has 0 aliphatic carbocycles. The molecule has 1 amide bonds. The van der Waals surface area contributed by atoms with Gasteiger partial charge < -0.3 is 4.57 Å². The highest BCUT2D eigenvalue weighted by molar-refractivity contribution is 8.06. The van der Waals surface area contributed by atoms with Gasteiger partial charge in [-0.1, -0.05) is 11.3 Å². The Morgan fingerprint density at radius 1 is 1.38 bits per heavy atom. The standard InChI is InChI=1S/C13H13N3O6S2/c1-3-15-10-5-4-9(16(19)20)6-11(10)23-13(15)14-12(18)7-24(21,22)8(2)17/h4-6H,3,7H2,1-2H3. The number of aryl methyl sites for hydroxylation is 1. The van der Waals surface area contributed by atoms with E-state index in [1.54, 1.807) is 17.6 Å². The number of non-ortho nitro benzene ring substituents is 1. The maximum Gasteiger partial charge on any atom is 0.270 e. The van der Waals surface area contributed by atoms with Gasteiger partial charge in [-0.05, 0) is 13.0 Å². The monoisotopic (exact) mass is 371 g/mol. The van der Waals surface area contributed by atoms with Gasteiger partial charge in [0.2, 0.25) is 15.0 Å². The van der Waals surface area contributed by atoms with Gasteiger partial charge in [-0.25, -0.2) is 8.42 Å². The Bertz CT molecular complexity index is 1020. The smallest absolute Gasteiger partial charge is 0.270 e. The van der Waals surface area contributed by atoms with Crippen LogP contribution in [0, 0.1) is 10.1 Å². The number of carbonyl (C=O) groups is 2. The Balaban J connectivity index is 2.53. The van der Waals surface area contributed by atoms with E-state index in [0.717, 1.165) is 18.3 Å². The summed E-state index contributed by atoms with van der Waals surface area (Å²) in [6.45, 7) is 3.10. The van der Waals surface area contributed by atoms with Crippen molar-refractivity contribution >= 4 is 48.1 Å². The summed E-state index contributed by atoms with van der Waals surface area (Å²) in [5.41, 5.74) is 0.554. The zero-order valence-electron chi connectivity index (χ0n) is 12.8. The molecule has 0 saturated heterocycles. The Morgan fingerprint density at radius 2 is 2.04 bits per heavy atom. The quantitative estimate of drug-likeness (QED) is 0.583. The van der Waals surface area contributed by atoms with Crippen LogP contribution in [0.3, 0.4) is 0 Å². The molecule has 0 aliphatic heterocycles. The van der Waals surface area contributed by atoms with Gasteiger partial charge >= 0.3 is 0 Å². The number of aromatic nitrogens is 1. The molecule has 24 heavy (non-hydrogen) atoms. The maximum absolute atomic E-state index is 11.8. The molecular weight excluding hydrogens is 358 g/mol. The Labute approximate surface area is 140 Å². The molecule has 128 valence electrons. The summed E-state index contributed by atoms with van der Waals surface area (Å²) >= 11 is 1.03. The van der Waals surface area contributed by atoms with Crippen LogP contribution in [0.25, 0.3) is 10.2 Å². The van der Waals surface area contributed by atoms with E-state index in [1.165, 1.54) is 12.1 Å². The number of nitro benzene ring substituents is 1. The van der Waals surface area contributed by atoms with Crippen LogP contribution in [0.5, 0.6) is 0 Å². The van der Waals surface area contributed by atoms with Crippen LogP contribution in [-0.2, 0) is 26.0 Å². The number of hydrogen-bond acceptors (Lipinski definition) is 7. The molecule has 0 atom stereocenters. The molecule has 1 aromatic carbocycles. The molecule has 2 rings (SSSR count). The summed E-state index contributed by atoms with van der Waals surface area (Å²) in [4.78, 5) is 37.1.